The molecule has 108 valence electrons. The molecule has 0 fully saturated rings. The van der Waals surface area contributed by atoms with Crippen LogP contribution in [0, 0.1) is 0 Å². The van der Waals surface area contributed by atoms with E-state index in [9.17, 15) is 4.79 Å². The first kappa shape index (κ1) is 14.6. The Morgan fingerprint density at radius 1 is 1.55 bits per heavy atom. The summed E-state index contributed by atoms with van der Waals surface area (Å²) in [4.78, 5) is 13.0. The largest absolute Gasteiger partial charge is 0.402 e. The number of allylic oxidation sites excluding steroid dienone is 4. The number of aromatic nitrogens is 2. The van der Waals surface area contributed by atoms with Crippen LogP contribution in [-0.4, -0.2) is 16.9 Å². The summed E-state index contributed by atoms with van der Waals surface area (Å²) in [6.45, 7) is 3.97. The van der Waals surface area contributed by atoms with Gasteiger partial charge in [-0.3, -0.25) is 14.6 Å². The molecule has 1 aliphatic carbocycles. The second-order valence-corrected chi connectivity index (χ2v) is 5.95. The minimum atomic E-state index is -0.106. The Balaban J connectivity index is 1.80. The average molecular weight is 295 g/mol. The lowest BCUT2D eigenvalue weighted by Gasteiger charge is -2.10. The fraction of sp³-hybridized carbons (Fsp3) is 0.462. The standard InChI is InChI=1S/C13H18N4O2S/c1-9(2)17-7-13(19-16-17)15-12(18)8-20-11-5-3-10(14)4-6-11/h3,5,7,9H,4,6,8,14H2,1-2H3/p+1. The molecule has 1 aliphatic rings. The summed E-state index contributed by atoms with van der Waals surface area (Å²) < 4.78 is 6.69. The number of anilines is 1. The first-order chi connectivity index (χ1) is 9.54. The minimum Gasteiger partial charge on any atom is -0.402 e. The highest BCUT2D eigenvalue weighted by molar-refractivity contribution is 8.03. The van der Waals surface area contributed by atoms with Crippen molar-refractivity contribution in [2.75, 3.05) is 11.1 Å². The van der Waals surface area contributed by atoms with Gasteiger partial charge in [-0.15, -0.1) is 11.8 Å². The lowest BCUT2D eigenvalue weighted by atomic mass is 10.1. The van der Waals surface area contributed by atoms with Crippen molar-refractivity contribution in [2.45, 2.75) is 32.7 Å². The minimum absolute atomic E-state index is 0.106. The van der Waals surface area contributed by atoms with Gasteiger partial charge in [-0.2, -0.15) is 0 Å². The number of nitrogens with two attached hydrogens (primary N) is 1. The van der Waals surface area contributed by atoms with Crippen LogP contribution in [0.1, 0.15) is 32.7 Å². The number of hydrogen-bond acceptors (Lipinski definition) is 5. The molecule has 0 atom stereocenters. The van der Waals surface area contributed by atoms with Gasteiger partial charge >= 0.3 is 5.88 Å². The second kappa shape index (κ2) is 6.60. The van der Waals surface area contributed by atoms with Gasteiger partial charge in [-0.1, -0.05) is 6.08 Å². The van der Waals surface area contributed by atoms with Crippen LogP contribution in [0.2, 0.25) is 0 Å². The quantitative estimate of drug-likeness (QED) is 0.808. The number of hydrogen-bond donors (Lipinski definition) is 2. The van der Waals surface area contributed by atoms with Gasteiger partial charge in [0.15, 0.2) is 6.04 Å². The van der Waals surface area contributed by atoms with E-state index in [1.165, 1.54) is 16.7 Å². The van der Waals surface area contributed by atoms with Crippen molar-refractivity contribution in [2.24, 2.45) is 5.73 Å². The van der Waals surface area contributed by atoms with E-state index >= 15 is 0 Å². The normalized spacial score (nSPS) is 14.9. The van der Waals surface area contributed by atoms with Crippen LogP contribution in [0.4, 0.5) is 5.88 Å². The van der Waals surface area contributed by atoms with E-state index in [1.54, 1.807) is 10.9 Å². The fourth-order valence-electron chi connectivity index (χ4n) is 1.64. The molecule has 7 heteroatoms. The van der Waals surface area contributed by atoms with Gasteiger partial charge in [0.1, 0.15) is 0 Å². The maximum absolute atomic E-state index is 11.8. The molecule has 0 radical (unpaired) electrons. The summed E-state index contributed by atoms with van der Waals surface area (Å²) in [5.41, 5.74) is 6.58. The number of rotatable bonds is 5. The number of thioether (sulfide) groups is 1. The summed E-state index contributed by atoms with van der Waals surface area (Å²) in [5, 5.41) is 6.50. The summed E-state index contributed by atoms with van der Waals surface area (Å²) in [6, 6.07) is 0.198. The van der Waals surface area contributed by atoms with Gasteiger partial charge in [-0.25, -0.2) is 0 Å². The Hall–Kier alpha value is -1.76. The molecule has 20 heavy (non-hydrogen) atoms. The Morgan fingerprint density at radius 3 is 2.95 bits per heavy atom. The van der Waals surface area contributed by atoms with E-state index in [0.717, 1.165) is 18.5 Å². The third-order valence-electron chi connectivity index (χ3n) is 2.81. The van der Waals surface area contributed by atoms with Crippen molar-refractivity contribution in [3.8, 4) is 0 Å². The summed E-state index contributed by atoms with van der Waals surface area (Å²) in [6.07, 6.45) is 7.30. The number of nitrogens with one attached hydrogen (secondary N) is 1. The molecular formula is C13H19N4O2S+. The zero-order valence-electron chi connectivity index (χ0n) is 11.6. The van der Waals surface area contributed by atoms with Crippen molar-refractivity contribution < 1.29 is 14.0 Å². The molecule has 0 unspecified atom stereocenters. The first-order valence-corrected chi connectivity index (χ1v) is 7.49. The van der Waals surface area contributed by atoms with Crippen LogP contribution < -0.4 is 15.7 Å². The molecular weight excluding hydrogens is 276 g/mol. The van der Waals surface area contributed by atoms with E-state index in [2.05, 4.69) is 10.6 Å². The van der Waals surface area contributed by atoms with Gasteiger partial charge < -0.3 is 5.73 Å². The van der Waals surface area contributed by atoms with Crippen LogP contribution in [0.5, 0.6) is 0 Å². The van der Waals surface area contributed by atoms with Gasteiger partial charge in [0.05, 0.1) is 5.75 Å². The summed E-state index contributed by atoms with van der Waals surface area (Å²) >= 11 is 1.52. The van der Waals surface area contributed by atoms with Crippen LogP contribution >= 0.6 is 11.8 Å². The lowest BCUT2D eigenvalue weighted by Crippen LogP contribution is -2.36. The molecule has 2 rings (SSSR count). The summed E-state index contributed by atoms with van der Waals surface area (Å²) in [5.74, 6) is 0.610. The zero-order chi connectivity index (χ0) is 14.5. The van der Waals surface area contributed by atoms with Crippen molar-refractivity contribution in [1.82, 2.24) is 5.27 Å². The molecule has 0 aliphatic heterocycles. The van der Waals surface area contributed by atoms with Gasteiger partial charge in [-0.05, 0) is 42.4 Å². The Bertz CT molecular complexity index is 548. The maximum atomic E-state index is 11.8. The average Bonchev–Trinajstić information content (AvgIpc) is 2.87. The topological polar surface area (TPSA) is 85.0 Å². The Kier molecular flexibility index (Phi) is 4.84. The number of amides is 1. The van der Waals surface area contributed by atoms with Crippen molar-refractivity contribution >= 4 is 23.6 Å². The number of carbonyl (C=O) groups excluding carboxylic acids is 1. The smallest absolute Gasteiger partial charge is 0.302 e. The molecule has 1 heterocycles. The molecule has 0 saturated heterocycles. The van der Waals surface area contributed by atoms with Crippen molar-refractivity contribution in [3.05, 3.63) is 29.0 Å². The SMILES string of the molecule is CC(C)[n+]1cc(NC(=O)CSC2=CC=C(N)CC2)on1. The highest BCUT2D eigenvalue weighted by atomic mass is 32.2. The first-order valence-electron chi connectivity index (χ1n) is 6.50. The van der Waals surface area contributed by atoms with E-state index < -0.39 is 0 Å². The third-order valence-corrected chi connectivity index (χ3v) is 3.92. The highest BCUT2D eigenvalue weighted by Gasteiger charge is 2.17. The molecule has 1 aromatic rings. The predicted molar refractivity (Wildman–Crippen MR) is 77.8 cm³/mol. The van der Waals surface area contributed by atoms with Gasteiger partial charge in [0.2, 0.25) is 11.2 Å². The molecule has 1 aromatic heterocycles. The van der Waals surface area contributed by atoms with Gasteiger partial charge in [0, 0.05) is 5.70 Å². The molecule has 0 saturated carbocycles. The lowest BCUT2D eigenvalue weighted by molar-refractivity contribution is -0.779. The van der Waals surface area contributed by atoms with Gasteiger partial charge in [0.25, 0.3) is 6.20 Å². The Labute approximate surface area is 122 Å². The predicted octanol–water partition coefficient (Wildman–Crippen LogP) is 1.73. The molecule has 3 N–H and O–H groups in total. The summed E-state index contributed by atoms with van der Waals surface area (Å²) in [7, 11) is 0. The second-order valence-electron chi connectivity index (χ2n) is 4.85. The number of nitrogens with zero attached hydrogens (tertiary/aromatic N) is 2. The maximum Gasteiger partial charge on any atom is 0.302 e. The Morgan fingerprint density at radius 2 is 2.35 bits per heavy atom. The number of carbonyl (C=O) groups is 1. The van der Waals surface area contributed by atoms with Crippen LogP contribution in [-0.2, 0) is 4.79 Å². The molecule has 0 bridgehead atoms. The highest BCUT2D eigenvalue weighted by Crippen LogP contribution is 2.25. The van der Waals surface area contributed by atoms with E-state index in [4.69, 9.17) is 10.3 Å². The monoisotopic (exact) mass is 295 g/mol. The van der Waals surface area contributed by atoms with E-state index in [0.29, 0.717) is 11.6 Å². The van der Waals surface area contributed by atoms with Crippen LogP contribution in [0.3, 0.4) is 0 Å². The zero-order valence-corrected chi connectivity index (χ0v) is 12.4. The van der Waals surface area contributed by atoms with Crippen LogP contribution in [0.25, 0.3) is 0 Å². The fourth-order valence-corrected chi connectivity index (χ4v) is 2.44. The molecule has 0 spiro atoms. The molecule has 6 nitrogen and oxygen atoms in total. The molecule has 0 aromatic carbocycles. The third kappa shape index (κ3) is 4.12. The van der Waals surface area contributed by atoms with Crippen molar-refractivity contribution in [3.63, 3.8) is 0 Å². The van der Waals surface area contributed by atoms with E-state index in [1.807, 2.05) is 26.0 Å². The van der Waals surface area contributed by atoms with Crippen molar-refractivity contribution in [1.29, 1.82) is 0 Å². The van der Waals surface area contributed by atoms with E-state index in [-0.39, 0.29) is 11.9 Å². The van der Waals surface area contributed by atoms with Crippen LogP contribution in [0.15, 0.2) is 33.5 Å². The molecule has 1 amide bonds.